The second-order valence-electron chi connectivity index (χ2n) is 7.21. The summed E-state index contributed by atoms with van der Waals surface area (Å²) >= 11 is 6.80. The molecule has 186 valence electrons. The van der Waals surface area contributed by atoms with Crippen molar-refractivity contribution in [3.8, 4) is 0 Å². The smallest absolute Gasteiger partial charge is 0.287 e. The Bertz CT molecular complexity index is 970. The first kappa shape index (κ1) is 27.9. The van der Waals surface area contributed by atoms with Crippen molar-refractivity contribution in [2.45, 2.75) is 19.0 Å². The largest absolute Gasteiger partial charge is 0.385 e. The van der Waals surface area contributed by atoms with Crippen LogP contribution in [-0.2, 0) is 9.53 Å². The number of likely N-dealkylation sites (tertiary alicyclic amines) is 1. The van der Waals surface area contributed by atoms with Crippen molar-refractivity contribution in [1.82, 2.24) is 15.2 Å². The number of carbonyl (C=O) groups is 1. The standard InChI is InChI=1S/C13H14F2N4O2S.C6H4ClF.C3H8O/c14-13(15)7-19(5-10(13)21)4-9-8(6-20)3-17-11(18-9)12-16-1-2-22-12;7-5-2-1-3-6(8)4-5;1-3-4-2/h1-2,6,10,21H,3-5,7H2,(H,17,18);1-4H;3H2,1-2H3. The van der Waals surface area contributed by atoms with Crippen LogP contribution >= 0.6 is 22.9 Å². The average molecular weight is 519 g/mol. The summed E-state index contributed by atoms with van der Waals surface area (Å²) in [5.74, 6) is -2.89. The van der Waals surface area contributed by atoms with E-state index in [2.05, 4.69) is 20.0 Å². The van der Waals surface area contributed by atoms with Gasteiger partial charge in [0.1, 0.15) is 18.2 Å². The molecule has 1 atom stereocenters. The Kier molecular flexibility index (Phi) is 11.1. The van der Waals surface area contributed by atoms with Gasteiger partial charge in [-0.3, -0.25) is 14.7 Å². The molecule has 2 N–H and O–H groups in total. The van der Waals surface area contributed by atoms with E-state index < -0.39 is 18.6 Å². The van der Waals surface area contributed by atoms with Gasteiger partial charge in [0, 0.05) is 54.7 Å². The van der Waals surface area contributed by atoms with E-state index in [1.54, 1.807) is 30.8 Å². The summed E-state index contributed by atoms with van der Waals surface area (Å²) in [5, 5.41) is 15.3. The number of aliphatic hydroxyl groups excluding tert-OH is 1. The molecule has 34 heavy (non-hydrogen) atoms. The molecular weight excluding hydrogens is 493 g/mol. The number of thiazole rings is 1. The van der Waals surface area contributed by atoms with Crippen LogP contribution in [0.4, 0.5) is 13.2 Å². The van der Waals surface area contributed by atoms with E-state index in [0.717, 1.165) is 6.61 Å². The summed E-state index contributed by atoms with van der Waals surface area (Å²) in [7, 11) is 1.68. The maximum absolute atomic E-state index is 13.4. The van der Waals surface area contributed by atoms with Crippen molar-refractivity contribution in [2.75, 3.05) is 39.9 Å². The minimum atomic E-state index is -3.12. The number of benzene rings is 1. The highest BCUT2D eigenvalue weighted by Gasteiger charge is 2.47. The average Bonchev–Trinajstić information content (AvgIpc) is 3.42. The van der Waals surface area contributed by atoms with Gasteiger partial charge in [-0.1, -0.05) is 17.7 Å². The van der Waals surface area contributed by atoms with Crippen LogP contribution in [0.5, 0.6) is 0 Å². The Morgan fingerprint density at radius 1 is 1.44 bits per heavy atom. The monoisotopic (exact) mass is 518 g/mol. The van der Waals surface area contributed by atoms with E-state index in [1.165, 1.54) is 28.4 Å². The van der Waals surface area contributed by atoms with Crippen LogP contribution in [0.25, 0.3) is 0 Å². The minimum absolute atomic E-state index is 0.130. The molecule has 2 aromatic rings. The highest BCUT2D eigenvalue weighted by Crippen LogP contribution is 2.28. The normalized spacial score (nSPS) is 19.3. The fourth-order valence-electron chi connectivity index (χ4n) is 2.88. The number of β-amino-alcohol motifs (C(OH)–C–C–N with tert-alkyl or cyclic N) is 1. The number of halogens is 4. The summed E-state index contributed by atoms with van der Waals surface area (Å²) in [5.41, 5.74) is 0.949. The summed E-state index contributed by atoms with van der Waals surface area (Å²) in [6, 6.07) is 5.82. The Balaban J connectivity index is 0.000000281. The third-order valence-corrected chi connectivity index (χ3v) is 5.67. The number of aliphatic imine (C=N–C) groups is 1. The Hall–Kier alpha value is -2.31. The molecule has 7 nitrogen and oxygen atoms in total. The number of alkyl halides is 2. The maximum atomic E-state index is 13.4. The Morgan fingerprint density at radius 3 is 2.65 bits per heavy atom. The quantitative estimate of drug-likeness (QED) is 0.590. The molecule has 2 aliphatic rings. The summed E-state index contributed by atoms with van der Waals surface area (Å²) in [4.78, 5) is 20.9. The molecule has 0 spiro atoms. The number of hydrogen-bond acceptors (Lipinski definition) is 8. The molecule has 1 fully saturated rings. The van der Waals surface area contributed by atoms with Crippen LogP contribution in [0.1, 0.15) is 11.9 Å². The van der Waals surface area contributed by atoms with E-state index in [0.29, 0.717) is 33.4 Å². The van der Waals surface area contributed by atoms with Gasteiger partial charge in [-0.15, -0.1) is 11.3 Å². The summed E-state index contributed by atoms with van der Waals surface area (Å²) in [6.07, 6.45) is 0.637. The van der Waals surface area contributed by atoms with Gasteiger partial charge in [0.2, 0.25) is 0 Å². The van der Waals surface area contributed by atoms with Crippen LogP contribution < -0.4 is 5.32 Å². The van der Waals surface area contributed by atoms with Crippen molar-refractivity contribution >= 4 is 35.1 Å². The lowest BCUT2D eigenvalue weighted by atomic mass is 10.2. The summed E-state index contributed by atoms with van der Waals surface area (Å²) in [6.45, 7) is 2.43. The van der Waals surface area contributed by atoms with Crippen LogP contribution in [0.2, 0.25) is 5.02 Å². The number of nitrogens with one attached hydrogen (secondary N) is 1. The number of hydrogen-bond donors (Lipinski definition) is 2. The van der Waals surface area contributed by atoms with Crippen molar-refractivity contribution in [1.29, 1.82) is 0 Å². The van der Waals surface area contributed by atoms with E-state index in [1.807, 2.05) is 6.92 Å². The zero-order valence-corrected chi connectivity index (χ0v) is 20.3. The molecule has 1 unspecified atom stereocenters. The number of aldehydes is 1. The lowest BCUT2D eigenvalue weighted by Crippen LogP contribution is -2.37. The molecule has 12 heteroatoms. The third kappa shape index (κ3) is 8.48. The van der Waals surface area contributed by atoms with Gasteiger partial charge >= 0.3 is 0 Å². The molecule has 0 saturated carbocycles. The molecule has 0 radical (unpaired) electrons. The second kappa shape index (κ2) is 13.5. The minimum Gasteiger partial charge on any atom is -0.385 e. The van der Waals surface area contributed by atoms with Crippen LogP contribution in [0.15, 0.2) is 52.1 Å². The number of amidine groups is 1. The van der Waals surface area contributed by atoms with Crippen LogP contribution in [-0.4, -0.2) is 79.0 Å². The maximum Gasteiger partial charge on any atom is 0.287 e. The molecule has 0 amide bonds. The van der Waals surface area contributed by atoms with Crippen molar-refractivity contribution in [2.24, 2.45) is 4.99 Å². The molecule has 1 aromatic heterocycles. The van der Waals surface area contributed by atoms with Gasteiger partial charge in [0.25, 0.3) is 5.92 Å². The van der Waals surface area contributed by atoms with Gasteiger partial charge in [0.05, 0.1) is 13.1 Å². The fourth-order valence-corrected chi connectivity index (χ4v) is 3.66. The molecule has 2 aliphatic heterocycles. The first-order chi connectivity index (χ1) is 16.2. The first-order valence-electron chi connectivity index (χ1n) is 10.3. The topological polar surface area (TPSA) is 87.0 Å². The predicted octanol–water partition coefficient (Wildman–Crippen LogP) is 3.39. The number of aromatic nitrogens is 1. The van der Waals surface area contributed by atoms with Gasteiger partial charge < -0.3 is 15.2 Å². The number of carbonyl (C=O) groups excluding carboxylic acids is 1. The van der Waals surface area contributed by atoms with E-state index in [9.17, 15) is 23.1 Å². The zero-order chi connectivity index (χ0) is 25.1. The number of aliphatic hydroxyl groups is 1. The fraction of sp³-hybridized carbons (Fsp3) is 0.409. The van der Waals surface area contributed by atoms with Gasteiger partial charge in [-0.2, -0.15) is 0 Å². The highest BCUT2D eigenvalue weighted by molar-refractivity contribution is 7.11. The molecule has 0 aliphatic carbocycles. The molecule has 3 heterocycles. The summed E-state index contributed by atoms with van der Waals surface area (Å²) < 4.78 is 43.4. The number of ether oxygens (including phenoxy) is 1. The van der Waals surface area contributed by atoms with Crippen LogP contribution in [0, 0.1) is 5.82 Å². The van der Waals surface area contributed by atoms with E-state index >= 15 is 0 Å². The molecule has 1 saturated heterocycles. The predicted molar refractivity (Wildman–Crippen MR) is 126 cm³/mol. The number of rotatable bonds is 5. The zero-order valence-electron chi connectivity index (χ0n) is 18.7. The molecule has 0 bridgehead atoms. The Labute approximate surface area is 204 Å². The number of methoxy groups -OCH3 is 1. The van der Waals surface area contributed by atoms with Crippen LogP contribution in [0.3, 0.4) is 0 Å². The Morgan fingerprint density at radius 2 is 2.18 bits per heavy atom. The molecule has 1 aromatic carbocycles. The van der Waals surface area contributed by atoms with Crippen molar-refractivity contribution in [3.05, 3.63) is 63.0 Å². The SMILES string of the molecule is CCOC.Fc1cccc(Cl)c1.O=CC1=C(CN2CC(O)C(F)(F)C2)NC(c2nccs2)=NC1. The van der Waals surface area contributed by atoms with Gasteiger partial charge in [0.15, 0.2) is 10.8 Å². The lowest BCUT2D eigenvalue weighted by molar-refractivity contribution is -0.105. The van der Waals surface area contributed by atoms with Gasteiger partial charge in [-0.05, 0) is 25.1 Å². The van der Waals surface area contributed by atoms with E-state index in [4.69, 9.17) is 11.6 Å². The number of nitrogens with zero attached hydrogens (tertiary/aromatic N) is 3. The molecular formula is C22H26ClF3N4O3S. The third-order valence-electron chi connectivity index (χ3n) is 4.65. The van der Waals surface area contributed by atoms with Gasteiger partial charge in [-0.25, -0.2) is 18.2 Å². The van der Waals surface area contributed by atoms with Crippen molar-refractivity contribution < 1.29 is 27.8 Å². The lowest BCUT2D eigenvalue weighted by Gasteiger charge is -2.23. The van der Waals surface area contributed by atoms with Crippen molar-refractivity contribution in [3.63, 3.8) is 0 Å². The second-order valence-corrected chi connectivity index (χ2v) is 8.54. The first-order valence-corrected chi connectivity index (χ1v) is 11.5. The molecule has 4 rings (SSSR count). The highest BCUT2D eigenvalue weighted by atomic mass is 35.5. The van der Waals surface area contributed by atoms with E-state index in [-0.39, 0.29) is 25.5 Å².